The second kappa shape index (κ2) is 7.82. The van der Waals surface area contributed by atoms with Crippen LogP contribution < -0.4 is 11.1 Å². The lowest BCUT2D eigenvalue weighted by molar-refractivity contribution is 0.260. The average molecular weight is 189 g/mol. The van der Waals surface area contributed by atoms with Gasteiger partial charge in [-0.2, -0.15) is 0 Å². The molecule has 5 N–H and O–H groups in total. The van der Waals surface area contributed by atoms with Gasteiger partial charge in [-0.25, -0.2) is 0 Å². The van der Waals surface area contributed by atoms with Crippen molar-refractivity contribution in [3.63, 3.8) is 0 Å². The zero-order chi connectivity index (χ0) is 10.1. The van der Waals surface area contributed by atoms with Crippen LogP contribution in [0.15, 0.2) is 5.16 Å². The smallest absolute Gasteiger partial charge is 0.140 e. The second-order valence-corrected chi connectivity index (χ2v) is 3.16. The number of aliphatic hydroxyl groups is 1. The summed E-state index contributed by atoms with van der Waals surface area (Å²) in [6.07, 6.45) is 1.35. The zero-order valence-electron chi connectivity index (χ0n) is 8.03. The van der Waals surface area contributed by atoms with E-state index in [9.17, 15) is 0 Å². The number of oxime groups is 1. The van der Waals surface area contributed by atoms with Crippen LogP contribution in [0.4, 0.5) is 0 Å². The molecule has 5 nitrogen and oxygen atoms in total. The Morgan fingerprint density at radius 1 is 1.62 bits per heavy atom. The third-order valence-electron chi connectivity index (χ3n) is 1.80. The van der Waals surface area contributed by atoms with E-state index in [1.54, 1.807) is 0 Å². The standard InChI is InChI=1S/C8H19N3O2/c1-7(3-5-12)6-10-4-2-8(9)11-13/h7,10,12-13H,2-6H2,1H3,(H2,9,11). The molecule has 0 radical (unpaired) electrons. The van der Waals surface area contributed by atoms with Crippen LogP contribution in [0, 0.1) is 5.92 Å². The van der Waals surface area contributed by atoms with Gasteiger partial charge in [-0.05, 0) is 18.9 Å². The highest BCUT2D eigenvalue weighted by atomic mass is 16.4. The second-order valence-electron chi connectivity index (χ2n) is 3.16. The van der Waals surface area contributed by atoms with E-state index in [4.69, 9.17) is 16.0 Å². The van der Waals surface area contributed by atoms with Gasteiger partial charge in [0.05, 0.1) is 0 Å². The van der Waals surface area contributed by atoms with Gasteiger partial charge in [0.2, 0.25) is 0 Å². The summed E-state index contributed by atoms with van der Waals surface area (Å²) in [6.45, 7) is 3.83. The molecule has 1 unspecified atom stereocenters. The van der Waals surface area contributed by atoms with Crippen LogP contribution in [0.3, 0.4) is 0 Å². The van der Waals surface area contributed by atoms with Crippen LogP contribution >= 0.6 is 0 Å². The number of amidine groups is 1. The fraction of sp³-hybridized carbons (Fsp3) is 0.875. The molecule has 0 aliphatic heterocycles. The van der Waals surface area contributed by atoms with Crippen molar-refractivity contribution in [3.05, 3.63) is 0 Å². The summed E-state index contributed by atoms with van der Waals surface area (Å²) < 4.78 is 0. The van der Waals surface area contributed by atoms with Crippen LogP contribution in [-0.2, 0) is 0 Å². The molecule has 0 fully saturated rings. The summed E-state index contributed by atoms with van der Waals surface area (Å²) >= 11 is 0. The van der Waals surface area contributed by atoms with E-state index in [2.05, 4.69) is 17.4 Å². The largest absolute Gasteiger partial charge is 0.409 e. The van der Waals surface area contributed by atoms with Gasteiger partial charge in [0.1, 0.15) is 5.84 Å². The van der Waals surface area contributed by atoms with Crippen LogP contribution in [0.2, 0.25) is 0 Å². The summed E-state index contributed by atoms with van der Waals surface area (Å²) in [6, 6.07) is 0. The van der Waals surface area contributed by atoms with E-state index in [0.717, 1.165) is 13.0 Å². The van der Waals surface area contributed by atoms with E-state index < -0.39 is 0 Å². The third-order valence-corrected chi connectivity index (χ3v) is 1.80. The number of nitrogens with one attached hydrogen (secondary N) is 1. The minimum atomic E-state index is 0.225. The maximum Gasteiger partial charge on any atom is 0.140 e. The lowest BCUT2D eigenvalue weighted by Gasteiger charge is -2.10. The van der Waals surface area contributed by atoms with Crippen molar-refractivity contribution in [2.45, 2.75) is 19.8 Å². The molecule has 0 saturated carbocycles. The summed E-state index contributed by atoms with van der Waals surface area (Å²) in [4.78, 5) is 0. The molecule has 0 aromatic rings. The molecule has 0 aromatic heterocycles. The summed E-state index contributed by atoms with van der Waals surface area (Å²) in [5.74, 6) is 0.694. The van der Waals surface area contributed by atoms with Gasteiger partial charge >= 0.3 is 0 Å². The number of hydrogen-bond acceptors (Lipinski definition) is 4. The normalized spacial score (nSPS) is 14.5. The maximum absolute atomic E-state index is 8.62. The lowest BCUT2D eigenvalue weighted by atomic mass is 10.1. The molecule has 0 saturated heterocycles. The highest BCUT2D eigenvalue weighted by molar-refractivity contribution is 5.79. The predicted molar refractivity (Wildman–Crippen MR) is 51.8 cm³/mol. The van der Waals surface area contributed by atoms with Crippen molar-refractivity contribution in [2.75, 3.05) is 19.7 Å². The van der Waals surface area contributed by atoms with Crippen molar-refractivity contribution < 1.29 is 10.3 Å². The van der Waals surface area contributed by atoms with Gasteiger partial charge in [0.15, 0.2) is 0 Å². The Bertz CT molecular complexity index is 150. The van der Waals surface area contributed by atoms with Gasteiger partial charge < -0.3 is 21.4 Å². The lowest BCUT2D eigenvalue weighted by Crippen LogP contribution is -2.26. The molecular weight excluding hydrogens is 170 g/mol. The molecule has 13 heavy (non-hydrogen) atoms. The van der Waals surface area contributed by atoms with E-state index >= 15 is 0 Å². The Morgan fingerprint density at radius 3 is 2.85 bits per heavy atom. The zero-order valence-corrected chi connectivity index (χ0v) is 8.03. The van der Waals surface area contributed by atoms with Gasteiger partial charge in [0, 0.05) is 19.6 Å². The molecule has 5 heteroatoms. The van der Waals surface area contributed by atoms with E-state index in [-0.39, 0.29) is 12.4 Å². The Kier molecular flexibility index (Phi) is 7.33. The fourth-order valence-corrected chi connectivity index (χ4v) is 0.937. The van der Waals surface area contributed by atoms with Gasteiger partial charge in [-0.1, -0.05) is 12.1 Å². The molecule has 1 atom stereocenters. The topological polar surface area (TPSA) is 90.9 Å². The highest BCUT2D eigenvalue weighted by Gasteiger charge is 2.00. The van der Waals surface area contributed by atoms with Crippen LogP contribution in [0.5, 0.6) is 0 Å². The molecule has 0 aromatic carbocycles. The van der Waals surface area contributed by atoms with Crippen LogP contribution in [0.25, 0.3) is 0 Å². The maximum atomic E-state index is 8.62. The number of hydrogen-bond donors (Lipinski definition) is 4. The first kappa shape index (κ1) is 12.2. The Morgan fingerprint density at radius 2 is 2.31 bits per heavy atom. The van der Waals surface area contributed by atoms with E-state index in [1.807, 2.05) is 0 Å². The fourth-order valence-electron chi connectivity index (χ4n) is 0.937. The highest BCUT2D eigenvalue weighted by Crippen LogP contribution is 1.97. The summed E-state index contributed by atoms with van der Waals surface area (Å²) in [5, 5.41) is 22.9. The Balaban J connectivity index is 3.25. The van der Waals surface area contributed by atoms with Crippen molar-refractivity contribution in [2.24, 2.45) is 16.8 Å². The minimum absolute atomic E-state index is 0.225. The molecule has 0 aliphatic rings. The Hall–Kier alpha value is -0.810. The van der Waals surface area contributed by atoms with Crippen molar-refractivity contribution in [3.8, 4) is 0 Å². The number of rotatable bonds is 7. The molecule has 78 valence electrons. The quantitative estimate of drug-likeness (QED) is 0.146. The molecule has 0 rings (SSSR count). The first-order valence-electron chi connectivity index (χ1n) is 4.48. The third kappa shape index (κ3) is 7.55. The number of aliphatic hydroxyl groups excluding tert-OH is 1. The van der Waals surface area contributed by atoms with Gasteiger partial charge in [0.25, 0.3) is 0 Å². The van der Waals surface area contributed by atoms with Gasteiger partial charge in [-0.3, -0.25) is 0 Å². The monoisotopic (exact) mass is 189 g/mol. The SMILES string of the molecule is CC(CCO)CNCCC(N)=NO. The van der Waals surface area contributed by atoms with E-state index in [0.29, 0.717) is 18.9 Å². The minimum Gasteiger partial charge on any atom is -0.409 e. The molecule has 0 aliphatic carbocycles. The first-order valence-corrected chi connectivity index (χ1v) is 4.48. The van der Waals surface area contributed by atoms with Crippen molar-refractivity contribution in [1.29, 1.82) is 0 Å². The van der Waals surface area contributed by atoms with E-state index in [1.165, 1.54) is 0 Å². The van der Waals surface area contributed by atoms with Crippen molar-refractivity contribution in [1.82, 2.24) is 5.32 Å². The first-order chi connectivity index (χ1) is 6.20. The Labute approximate surface area is 78.6 Å². The summed E-state index contributed by atoms with van der Waals surface area (Å²) in [7, 11) is 0. The van der Waals surface area contributed by atoms with Gasteiger partial charge in [-0.15, -0.1) is 0 Å². The molecule has 0 spiro atoms. The molecule has 0 bridgehead atoms. The number of nitrogens with zero attached hydrogens (tertiary/aromatic N) is 1. The number of nitrogens with two attached hydrogens (primary N) is 1. The van der Waals surface area contributed by atoms with Crippen molar-refractivity contribution >= 4 is 5.84 Å². The molecule has 0 amide bonds. The van der Waals surface area contributed by atoms with Crippen LogP contribution in [-0.4, -0.2) is 35.8 Å². The molecular formula is C8H19N3O2. The predicted octanol–water partition coefficient (Wildman–Crippen LogP) is -0.269. The van der Waals surface area contributed by atoms with Crippen LogP contribution in [0.1, 0.15) is 19.8 Å². The molecule has 0 heterocycles. The average Bonchev–Trinajstić information content (AvgIpc) is 2.12. The summed E-state index contributed by atoms with van der Waals surface area (Å²) in [5.41, 5.74) is 5.27.